The molecule has 24 heavy (non-hydrogen) atoms. The average Bonchev–Trinajstić information content (AvgIpc) is 2.44. The molecule has 0 N–H and O–H groups in total. The minimum atomic E-state index is 0. The fourth-order valence-corrected chi connectivity index (χ4v) is 1.35. The second-order valence-electron chi connectivity index (χ2n) is 5.54. The zero-order valence-electron chi connectivity index (χ0n) is 16.5. The van der Waals surface area contributed by atoms with E-state index in [2.05, 4.69) is 55.4 Å². The second-order valence-corrected chi connectivity index (χ2v) is 5.54. The van der Waals surface area contributed by atoms with Crippen LogP contribution in [0.25, 0.3) is 0 Å². The van der Waals surface area contributed by atoms with Crippen LogP contribution in [-0.2, 0) is 0 Å². The van der Waals surface area contributed by atoms with E-state index >= 15 is 0 Å². The Morgan fingerprint density at radius 1 is 0.292 bits per heavy atom. The predicted octanol–water partition coefficient (Wildman–Crippen LogP) is 11.3. The Labute approximate surface area is 162 Å². The molecule has 160 valence electrons. The molecule has 0 aromatic heterocycles. The summed E-state index contributed by atoms with van der Waals surface area (Å²) >= 11 is 0. The molecule has 0 aromatic carbocycles. The number of hydrogen-bond acceptors (Lipinski definition) is 0. The summed E-state index contributed by atoms with van der Waals surface area (Å²) in [6.07, 6.45) is 16.5. The smallest absolute Gasteiger partial charge is 0.0533 e. The molecular weight excluding hydrogens is 288 g/mol. The number of rotatable bonds is 8. The van der Waals surface area contributed by atoms with Crippen LogP contribution in [0.1, 0.15) is 162 Å². The maximum atomic E-state index is 2.26. The third-order valence-electron chi connectivity index (χ3n) is 2.41. The SMILES string of the molecule is C.C.C.C.CCC.CCC.CCCCCC.CCCCCCCC. The molecule has 0 fully saturated rings. The molecule has 0 aliphatic rings. The van der Waals surface area contributed by atoms with E-state index in [1.165, 1.54) is 77.0 Å². The van der Waals surface area contributed by atoms with Gasteiger partial charge in [0.15, 0.2) is 0 Å². The van der Waals surface area contributed by atoms with Crippen molar-refractivity contribution in [3.63, 3.8) is 0 Å². The monoisotopic (exact) mass is 353 g/mol. The predicted molar refractivity (Wildman–Crippen MR) is 128 cm³/mol. The van der Waals surface area contributed by atoms with E-state index in [0.717, 1.165) is 0 Å². The van der Waals surface area contributed by atoms with Crippen LogP contribution in [0.2, 0.25) is 0 Å². The van der Waals surface area contributed by atoms with Crippen LogP contribution < -0.4 is 0 Å². The van der Waals surface area contributed by atoms with Crippen LogP contribution in [0.5, 0.6) is 0 Å². The molecule has 0 heteroatoms. The quantitative estimate of drug-likeness (QED) is 0.381. The summed E-state index contributed by atoms with van der Waals surface area (Å²) in [6.45, 7) is 17.5. The van der Waals surface area contributed by atoms with Crippen molar-refractivity contribution in [2.45, 2.75) is 162 Å². The molecule has 0 saturated heterocycles. The summed E-state index contributed by atoms with van der Waals surface area (Å²) in [5.41, 5.74) is 0. The van der Waals surface area contributed by atoms with E-state index in [1.54, 1.807) is 0 Å². The van der Waals surface area contributed by atoms with Crippen LogP contribution in [0.4, 0.5) is 0 Å². The van der Waals surface area contributed by atoms with Gasteiger partial charge in [-0.15, -0.1) is 0 Å². The average molecular weight is 353 g/mol. The Kier molecular flexibility index (Phi) is 160. The van der Waals surface area contributed by atoms with Crippen molar-refractivity contribution in [1.82, 2.24) is 0 Å². The van der Waals surface area contributed by atoms with Crippen molar-refractivity contribution in [1.29, 1.82) is 0 Å². The maximum Gasteiger partial charge on any atom is -0.0533 e. The first-order valence-corrected chi connectivity index (χ1v) is 9.66. The molecule has 0 amide bonds. The molecule has 0 bridgehead atoms. The normalized spacial score (nSPS) is 7.00. The van der Waals surface area contributed by atoms with Gasteiger partial charge in [-0.1, -0.05) is 162 Å². The lowest BCUT2D eigenvalue weighted by atomic mass is 10.1. The van der Waals surface area contributed by atoms with E-state index in [4.69, 9.17) is 0 Å². The second kappa shape index (κ2) is 77.3. The minimum Gasteiger partial charge on any atom is -0.0776 e. The van der Waals surface area contributed by atoms with Gasteiger partial charge in [-0.3, -0.25) is 0 Å². The van der Waals surface area contributed by atoms with Crippen LogP contribution in [0, 0.1) is 0 Å². The molecule has 0 heterocycles. The summed E-state index contributed by atoms with van der Waals surface area (Å²) in [5.74, 6) is 0. The summed E-state index contributed by atoms with van der Waals surface area (Å²) in [6, 6.07) is 0. The van der Waals surface area contributed by atoms with Crippen molar-refractivity contribution in [2.24, 2.45) is 0 Å². The highest BCUT2D eigenvalue weighted by molar-refractivity contribution is 4.39. The van der Waals surface area contributed by atoms with E-state index in [0.29, 0.717) is 0 Å². The Hall–Kier alpha value is 0. The molecule has 0 radical (unpaired) electrons. The summed E-state index contributed by atoms with van der Waals surface area (Å²) in [4.78, 5) is 0. The molecule has 0 unspecified atom stereocenters. The number of hydrogen-bond donors (Lipinski definition) is 0. The first-order chi connectivity index (χ1) is 9.66. The third-order valence-corrected chi connectivity index (χ3v) is 2.41. The molecule has 0 aliphatic carbocycles. The van der Waals surface area contributed by atoms with Gasteiger partial charge in [-0.05, 0) is 0 Å². The van der Waals surface area contributed by atoms with Gasteiger partial charge in [0, 0.05) is 0 Å². The fourth-order valence-electron chi connectivity index (χ4n) is 1.35. The van der Waals surface area contributed by atoms with Gasteiger partial charge in [0.05, 0.1) is 0 Å². The van der Waals surface area contributed by atoms with Gasteiger partial charge in [0.2, 0.25) is 0 Å². The molecule has 0 nitrogen and oxygen atoms in total. The van der Waals surface area contributed by atoms with Gasteiger partial charge in [0.25, 0.3) is 0 Å². The molecule has 0 aromatic rings. The van der Waals surface area contributed by atoms with Gasteiger partial charge in [0.1, 0.15) is 0 Å². The van der Waals surface area contributed by atoms with E-state index < -0.39 is 0 Å². The Morgan fingerprint density at radius 2 is 0.417 bits per heavy atom. The topological polar surface area (TPSA) is 0 Å². The van der Waals surface area contributed by atoms with Crippen molar-refractivity contribution >= 4 is 0 Å². The molecule has 0 saturated carbocycles. The van der Waals surface area contributed by atoms with Gasteiger partial charge < -0.3 is 0 Å². The Morgan fingerprint density at radius 3 is 0.542 bits per heavy atom. The Bertz CT molecular complexity index is 74.0. The first kappa shape index (κ1) is 49.6. The van der Waals surface area contributed by atoms with Gasteiger partial charge in [-0.2, -0.15) is 0 Å². The van der Waals surface area contributed by atoms with Crippen molar-refractivity contribution in [3.05, 3.63) is 0 Å². The molecular formula is C24H64. The van der Waals surface area contributed by atoms with Crippen LogP contribution >= 0.6 is 0 Å². The van der Waals surface area contributed by atoms with Gasteiger partial charge >= 0.3 is 0 Å². The zero-order valence-corrected chi connectivity index (χ0v) is 16.5. The van der Waals surface area contributed by atoms with Crippen molar-refractivity contribution < 1.29 is 0 Å². The van der Waals surface area contributed by atoms with Crippen molar-refractivity contribution in [3.8, 4) is 0 Å². The first-order valence-electron chi connectivity index (χ1n) is 9.66. The molecule has 0 atom stereocenters. The Balaban J connectivity index is -0.0000000242. The van der Waals surface area contributed by atoms with Crippen LogP contribution in [0.3, 0.4) is 0 Å². The fraction of sp³-hybridized carbons (Fsp3) is 1.00. The largest absolute Gasteiger partial charge is 0.0776 e. The number of unbranched alkanes of at least 4 members (excludes halogenated alkanes) is 8. The minimum absolute atomic E-state index is 0. The van der Waals surface area contributed by atoms with E-state index in [9.17, 15) is 0 Å². The zero-order chi connectivity index (χ0) is 16.5. The lowest BCUT2D eigenvalue weighted by molar-refractivity contribution is 0.624. The summed E-state index contributed by atoms with van der Waals surface area (Å²) < 4.78 is 0. The molecule has 0 rings (SSSR count). The van der Waals surface area contributed by atoms with E-state index in [1.807, 2.05) is 0 Å². The van der Waals surface area contributed by atoms with Crippen LogP contribution in [0.15, 0.2) is 0 Å². The lowest BCUT2D eigenvalue weighted by Gasteiger charge is -1.93. The summed E-state index contributed by atoms with van der Waals surface area (Å²) in [7, 11) is 0. The highest BCUT2D eigenvalue weighted by Gasteiger charge is 1.83. The lowest BCUT2D eigenvalue weighted by Crippen LogP contribution is -1.73. The maximum absolute atomic E-state index is 2.26. The third kappa shape index (κ3) is 152. The highest BCUT2D eigenvalue weighted by atomic mass is 13.9. The summed E-state index contributed by atoms with van der Waals surface area (Å²) in [5, 5.41) is 0. The van der Waals surface area contributed by atoms with Crippen molar-refractivity contribution in [2.75, 3.05) is 0 Å². The molecule has 0 aliphatic heterocycles. The van der Waals surface area contributed by atoms with E-state index in [-0.39, 0.29) is 29.7 Å². The molecule has 0 spiro atoms. The highest BCUT2D eigenvalue weighted by Crippen LogP contribution is 2.03. The van der Waals surface area contributed by atoms with Gasteiger partial charge in [-0.25, -0.2) is 0 Å². The van der Waals surface area contributed by atoms with Crippen LogP contribution in [-0.4, -0.2) is 0 Å². The standard InChI is InChI=1S/C8H18.C6H14.2C3H8.4CH4/c1-3-5-7-8-6-4-2;1-3-5-6-4-2;2*1-3-2;;;;/h3-8H2,1-2H3;3-6H2,1-2H3;2*3H2,1-2H3;4*1H4.